The minimum absolute atomic E-state index is 0.104. The van der Waals surface area contributed by atoms with Crippen molar-refractivity contribution in [1.29, 1.82) is 0 Å². The zero-order valence-electron chi connectivity index (χ0n) is 9.28. The van der Waals surface area contributed by atoms with E-state index in [-0.39, 0.29) is 5.50 Å². The smallest absolute Gasteiger partial charge is 0.151 e. The van der Waals surface area contributed by atoms with Gasteiger partial charge in [-0.05, 0) is 30.7 Å². The molecule has 0 saturated heterocycles. The molecule has 1 aromatic carbocycles. The maximum absolute atomic E-state index is 5.66. The van der Waals surface area contributed by atoms with Gasteiger partial charge in [0.25, 0.3) is 0 Å². The fourth-order valence-electron chi connectivity index (χ4n) is 1.50. The molecule has 16 heavy (non-hydrogen) atoms. The van der Waals surface area contributed by atoms with Gasteiger partial charge in [-0.2, -0.15) is 0 Å². The molecule has 0 amide bonds. The molecule has 2 rings (SSSR count). The third-order valence-corrected chi connectivity index (χ3v) is 3.23. The first-order chi connectivity index (χ1) is 7.69. The zero-order chi connectivity index (χ0) is 11.5. The largest absolute Gasteiger partial charge is 0.497 e. The quantitative estimate of drug-likeness (QED) is 0.748. The number of hydrogen-bond acceptors (Lipinski definition) is 5. The third-order valence-electron chi connectivity index (χ3n) is 2.35. The highest BCUT2D eigenvalue weighted by molar-refractivity contribution is 8.03. The van der Waals surface area contributed by atoms with Gasteiger partial charge < -0.3 is 21.1 Å². The molecule has 0 radical (unpaired) electrons. The summed E-state index contributed by atoms with van der Waals surface area (Å²) < 4.78 is 5.16. The second-order valence-corrected chi connectivity index (χ2v) is 4.71. The van der Waals surface area contributed by atoms with Gasteiger partial charge in [-0.3, -0.25) is 0 Å². The summed E-state index contributed by atoms with van der Waals surface area (Å²) in [6.07, 6.45) is 1.81. The highest BCUT2D eigenvalue weighted by Crippen LogP contribution is 2.26. The number of hydrogen-bond donors (Lipinski definition) is 3. The van der Waals surface area contributed by atoms with Crippen LogP contribution in [0.2, 0.25) is 0 Å². The van der Waals surface area contributed by atoms with Crippen molar-refractivity contribution in [2.75, 3.05) is 12.4 Å². The standard InChI is InChI=1S/C11H15N3OS/c1-7-5-8(15-2)3-4-9(7)14-11-13-6-10(12)16-11/h3-6,11,13-14H,12H2,1-2H3. The van der Waals surface area contributed by atoms with Gasteiger partial charge in [-0.1, -0.05) is 11.8 Å². The van der Waals surface area contributed by atoms with Crippen molar-refractivity contribution in [3.63, 3.8) is 0 Å². The van der Waals surface area contributed by atoms with Gasteiger partial charge >= 0.3 is 0 Å². The van der Waals surface area contributed by atoms with Gasteiger partial charge in [0.1, 0.15) is 5.75 Å². The number of benzene rings is 1. The van der Waals surface area contributed by atoms with Crippen LogP contribution in [0, 0.1) is 6.92 Å². The summed E-state index contributed by atoms with van der Waals surface area (Å²) >= 11 is 1.56. The lowest BCUT2D eigenvalue weighted by Gasteiger charge is -2.16. The number of aryl methyl sites for hydroxylation is 1. The van der Waals surface area contributed by atoms with E-state index in [2.05, 4.69) is 10.6 Å². The van der Waals surface area contributed by atoms with E-state index in [0.717, 1.165) is 22.0 Å². The van der Waals surface area contributed by atoms with E-state index >= 15 is 0 Å². The third kappa shape index (κ3) is 2.36. The Bertz CT molecular complexity index is 420. The number of ether oxygens (including phenoxy) is 1. The Kier molecular flexibility index (Phi) is 3.14. The summed E-state index contributed by atoms with van der Waals surface area (Å²) in [5, 5.41) is 7.29. The lowest BCUT2D eigenvalue weighted by molar-refractivity contribution is 0.414. The SMILES string of the molecule is COc1ccc(NC2NC=C(N)S2)c(C)c1. The molecule has 0 fully saturated rings. The fraction of sp³-hybridized carbons (Fsp3) is 0.273. The second kappa shape index (κ2) is 4.57. The van der Waals surface area contributed by atoms with E-state index in [4.69, 9.17) is 10.5 Å². The summed E-state index contributed by atoms with van der Waals surface area (Å²) in [4.78, 5) is 0. The predicted octanol–water partition coefficient (Wildman–Crippen LogP) is 1.79. The number of thioether (sulfide) groups is 1. The van der Waals surface area contributed by atoms with Crippen molar-refractivity contribution in [1.82, 2.24) is 5.32 Å². The first kappa shape index (κ1) is 11.0. The average Bonchev–Trinajstić information content (AvgIpc) is 2.67. The minimum Gasteiger partial charge on any atom is -0.497 e. The highest BCUT2D eigenvalue weighted by Gasteiger charge is 2.15. The average molecular weight is 237 g/mol. The van der Waals surface area contributed by atoms with Crippen LogP contribution in [0.1, 0.15) is 5.56 Å². The normalized spacial score (nSPS) is 18.9. The number of nitrogens with two attached hydrogens (primary N) is 1. The Labute approximate surface area is 99.2 Å². The molecule has 1 unspecified atom stereocenters. The minimum atomic E-state index is 0.104. The van der Waals surface area contributed by atoms with Crippen molar-refractivity contribution in [3.8, 4) is 5.75 Å². The fourth-order valence-corrected chi connectivity index (χ4v) is 2.23. The molecule has 1 heterocycles. The van der Waals surface area contributed by atoms with E-state index in [1.807, 2.05) is 25.1 Å². The van der Waals surface area contributed by atoms with E-state index in [9.17, 15) is 0 Å². The number of rotatable bonds is 3. The van der Waals surface area contributed by atoms with Crippen molar-refractivity contribution in [3.05, 3.63) is 35.0 Å². The van der Waals surface area contributed by atoms with Crippen LogP contribution in [0.25, 0.3) is 0 Å². The van der Waals surface area contributed by atoms with Crippen molar-refractivity contribution in [2.24, 2.45) is 5.73 Å². The van der Waals surface area contributed by atoms with Gasteiger partial charge in [0.05, 0.1) is 12.1 Å². The molecule has 0 aromatic heterocycles. The van der Waals surface area contributed by atoms with E-state index < -0.39 is 0 Å². The summed E-state index contributed by atoms with van der Waals surface area (Å²) in [7, 11) is 1.67. The lowest BCUT2D eigenvalue weighted by atomic mass is 10.2. The van der Waals surface area contributed by atoms with Crippen LogP contribution >= 0.6 is 11.8 Å². The molecule has 5 heteroatoms. The zero-order valence-corrected chi connectivity index (χ0v) is 10.1. The Morgan fingerprint density at radius 2 is 2.31 bits per heavy atom. The maximum Gasteiger partial charge on any atom is 0.151 e. The monoisotopic (exact) mass is 237 g/mol. The molecule has 0 bridgehead atoms. The van der Waals surface area contributed by atoms with Gasteiger partial charge in [0.2, 0.25) is 0 Å². The Morgan fingerprint density at radius 3 is 2.88 bits per heavy atom. The Morgan fingerprint density at radius 1 is 1.50 bits per heavy atom. The molecule has 0 saturated carbocycles. The molecule has 4 N–H and O–H groups in total. The van der Waals surface area contributed by atoms with Gasteiger partial charge in [0, 0.05) is 11.9 Å². The maximum atomic E-state index is 5.66. The van der Waals surface area contributed by atoms with E-state index in [1.54, 1.807) is 25.1 Å². The molecule has 0 aliphatic carbocycles. The molecular formula is C11H15N3OS. The van der Waals surface area contributed by atoms with E-state index in [0.29, 0.717) is 0 Å². The number of methoxy groups -OCH3 is 1. The highest BCUT2D eigenvalue weighted by atomic mass is 32.2. The van der Waals surface area contributed by atoms with Crippen LogP contribution in [0.3, 0.4) is 0 Å². The predicted molar refractivity (Wildman–Crippen MR) is 68.1 cm³/mol. The van der Waals surface area contributed by atoms with Crippen LogP contribution in [0.15, 0.2) is 29.4 Å². The molecular weight excluding hydrogens is 222 g/mol. The van der Waals surface area contributed by atoms with Crippen LogP contribution in [-0.4, -0.2) is 12.6 Å². The van der Waals surface area contributed by atoms with Gasteiger partial charge in [-0.15, -0.1) is 0 Å². The van der Waals surface area contributed by atoms with Crippen LogP contribution in [0.5, 0.6) is 5.75 Å². The summed E-state index contributed by atoms with van der Waals surface area (Å²) in [6.45, 7) is 2.04. The first-order valence-corrected chi connectivity index (χ1v) is 5.86. The summed E-state index contributed by atoms with van der Waals surface area (Å²) in [5.74, 6) is 0.868. The molecule has 1 aromatic rings. The Hall–Kier alpha value is -1.49. The molecule has 86 valence electrons. The molecule has 1 aliphatic rings. The van der Waals surface area contributed by atoms with E-state index in [1.165, 1.54) is 0 Å². The molecule has 1 aliphatic heterocycles. The van der Waals surface area contributed by atoms with Crippen molar-refractivity contribution < 1.29 is 4.74 Å². The lowest BCUT2D eigenvalue weighted by Crippen LogP contribution is -2.25. The summed E-state index contributed by atoms with van der Waals surface area (Å²) in [6, 6.07) is 5.94. The molecule has 0 spiro atoms. The van der Waals surface area contributed by atoms with Crippen LogP contribution in [0.4, 0.5) is 5.69 Å². The Balaban J connectivity index is 2.05. The topological polar surface area (TPSA) is 59.3 Å². The molecule has 1 atom stereocenters. The van der Waals surface area contributed by atoms with Crippen molar-refractivity contribution in [2.45, 2.75) is 12.4 Å². The molecule has 4 nitrogen and oxygen atoms in total. The number of anilines is 1. The first-order valence-electron chi connectivity index (χ1n) is 4.98. The van der Waals surface area contributed by atoms with Crippen molar-refractivity contribution >= 4 is 17.4 Å². The van der Waals surface area contributed by atoms with Gasteiger partial charge in [-0.25, -0.2) is 0 Å². The van der Waals surface area contributed by atoms with Crippen LogP contribution < -0.4 is 21.1 Å². The van der Waals surface area contributed by atoms with Crippen LogP contribution in [-0.2, 0) is 0 Å². The number of nitrogens with one attached hydrogen (secondary N) is 2. The van der Waals surface area contributed by atoms with Gasteiger partial charge in [0.15, 0.2) is 5.50 Å². The second-order valence-electron chi connectivity index (χ2n) is 3.54. The summed E-state index contributed by atoms with van der Waals surface area (Å²) in [5.41, 5.74) is 7.99.